The molecule has 1 N–H and O–H groups in total. The molecule has 0 aliphatic carbocycles. The van der Waals surface area contributed by atoms with E-state index in [0.717, 1.165) is 22.1 Å². The van der Waals surface area contributed by atoms with Gasteiger partial charge in [0.2, 0.25) is 0 Å². The van der Waals surface area contributed by atoms with E-state index >= 15 is 0 Å². The van der Waals surface area contributed by atoms with Crippen molar-refractivity contribution in [3.63, 3.8) is 0 Å². The molecule has 2 aromatic carbocycles. The molecule has 0 aromatic heterocycles. The maximum absolute atomic E-state index is 7.51. The Hall–Kier alpha value is -1.31. The van der Waals surface area contributed by atoms with E-state index in [1.807, 2.05) is 36.4 Å². The number of fused-ring (bicyclic) bond motifs is 1. The Morgan fingerprint density at radius 3 is 2.47 bits per heavy atom. The molecule has 0 heterocycles. The zero-order chi connectivity index (χ0) is 10.8. The first-order valence-electron chi connectivity index (χ1n) is 4.54. The van der Waals surface area contributed by atoms with Crippen molar-refractivity contribution in [1.82, 2.24) is 0 Å². The van der Waals surface area contributed by atoms with Crippen molar-refractivity contribution in [3.8, 4) is 5.75 Å². The number of benzene rings is 2. The zero-order valence-corrected chi connectivity index (χ0v) is 9.99. The van der Waals surface area contributed by atoms with E-state index in [1.54, 1.807) is 7.11 Å². The van der Waals surface area contributed by atoms with Crippen molar-refractivity contribution < 1.29 is 4.74 Å². The van der Waals surface area contributed by atoms with Gasteiger partial charge in [-0.05, 0) is 0 Å². The van der Waals surface area contributed by atoms with Crippen LogP contribution >= 0.6 is 0 Å². The van der Waals surface area contributed by atoms with Crippen LogP contribution in [0.3, 0.4) is 0 Å². The van der Waals surface area contributed by atoms with E-state index in [4.69, 9.17) is 10.1 Å². The van der Waals surface area contributed by atoms with Gasteiger partial charge in [-0.15, -0.1) is 0 Å². The first kappa shape index (κ1) is 10.2. The van der Waals surface area contributed by atoms with Crippen LogP contribution in [0.4, 0.5) is 0 Å². The Morgan fingerprint density at radius 2 is 1.80 bits per heavy atom. The molecule has 0 aliphatic rings. The molecule has 0 amide bonds. The van der Waals surface area contributed by atoms with Crippen LogP contribution in [0.15, 0.2) is 36.4 Å². The third-order valence-electron chi connectivity index (χ3n) is 2.31. The molecule has 15 heavy (non-hydrogen) atoms. The fourth-order valence-electron chi connectivity index (χ4n) is 1.49. The topological polar surface area (TPSA) is 33.1 Å². The summed E-state index contributed by atoms with van der Waals surface area (Å²) in [6.07, 6.45) is 0. The van der Waals surface area contributed by atoms with Gasteiger partial charge in [0.05, 0.1) is 0 Å². The second-order valence-electron chi connectivity index (χ2n) is 3.26. The number of hydrogen-bond donors (Lipinski definition) is 1. The molecule has 0 atom stereocenters. The first-order chi connectivity index (χ1) is 7.20. The number of rotatable bonds is 2. The molecular formula is C12H10NOSe. The van der Waals surface area contributed by atoms with E-state index in [1.165, 1.54) is 0 Å². The van der Waals surface area contributed by atoms with Gasteiger partial charge in [-0.25, -0.2) is 0 Å². The third-order valence-corrected chi connectivity index (χ3v) is 2.80. The van der Waals surface area contributed by atoms with Crippen molar-refractivity contribution >= 4 is 31.4 Å². The predicted octanol–water partition coefficient (Wildman–Crippen LogP) is 2.34. The van der Waals surface area contributed by atoms with Crippen LogP contribution in [0.1, 0.15) is 5.56 Å². The van der Waals surface area contributed by atoms with Crippen LogP contribution in [0.5, 0.6) is 5.75 Å². The number of hydrogen-bond acceptors (Lipinski definition) is 2. The van der Waals surface area contributed by atoms with Crippen LogP contribution in [0.25, 0.3) is 10.8 Å². The molecule has 0 saturated heterocycles. The Bertz CT molecular complexity index is 522. The third kappa shape index (κ3) is 2.04. The summed E-state index contributed by atoms with van der Waals surface area (Å²) in [7, 11) is 1.66. The van der Waals surface area contributed by atoms with Gasteiger partial charge in [0.1, 0.15) is 0 Å². The second kappa shape index (κ2) is 4.05. The van der Waals surface area contributed by atoms with E-state index in [9.17, 15) is 0 Å². The SMILES string of the molecule is COc1ccc2cc(C(=N)[Se])ccc2c1. The molecule has 0 fully saturated rings. The molecular weight excluding hydrogens is 253 g/mol. The minimum atomic E-state index is 0.465. The molecule has 75 valence electrons. The normalized spacial score (nSPS) is 10.2. The summed E-state index contributed by atoms with van der Waals surface area (Å²) in [5.41, 5.74) is 0.910. The molecule has 2 nitrogen and oxygen atoms in total. The molecule has 0 unspecified atom stereocenters. The van der Waals surface area contributed by atoms with Gasteiger partial charge >= 0.3 is 96.4 Å². The minimum absolute atomic E-state index is 0.465. The van der Waals surface area contributed by atoms with E-state index in [-0.39, 0.29) is 0 Å². The van der Waals surface area contributed by atoms with Crippen LogP contribution in [0.2, 0.25) is 0 Å². The van der Waals surface area contributed by atoms with Gasteiger partial charge in [0, 0.05) is 0 Å². The average molecular weight is 263 g/mol. The van der Waals surface area contributed by atoms with Crippen LogP contribution < -0.4 is 4.74 Å². The molecule has 0 aliphatic heterocycles. The van der Waals surface area contributed by atoms with Gasteiger partial charge in [-0.2, -0.15) is 0 Å². The summed E-state index contributed by atoms with van der Waals surface area (Å²) in [6, 6.07) is 11.8. The van der Waals surface area contributed by atoms with Crippen LogP contribution in [0, 0.1) is 5.41 Å². The summed E-state index contributed by atoms with van der Waals surface area (Å²) >= 11 is 2.70. The summed E-state index contributed by atoms with van der Waals surface area (Å²) in [6.45, 7) is 0. The van der Waals surface area contributed by atoms with E-state index in [2.05, 4.69) is 16.0 Å². The van der Waals surface area contributed by atoms with Crippen molar-refractivity contribution in [1.29, 1.82) is 5.41 Å². The second-order valence-corrected chi connectivity index (χ2v) is 4.11. The molecule has 2 rings (SSSR count). The average Bonchev–Trinajstić information content (AvgIpc) is 2.27. The quantitative estimate of drug-likeness (QED) is 0.654. The molecule has 0 spiro atoms. The number of methoxy groups -OCH3 is 1. The van der Waals surface area contributed by atoms with Gasteiger partial charge in [-0.3, -0.25) is 0 Å². The predicted molar refractivity (Wildman–Crippen MR) is 63.1 cm³/mol. The summed E-state index contributed by atoms with van der Waals surface area (Å²) in [5, 5.41) is 9.75. The zero-order valence-electron chi connectivity index (χ0n) is 8.28. The van der Waals surface area contributed by atoms with E-state index in [0.29, 0.717) is 4.61 Å². The van der Waals surface area contributed by atoms with Crippen molar-refractivity contribution in [3.05, 3.63) is 42.0 Å². The van der Waals surface area contributed by atoms with Crippen molar-refractivity contribution in [2.45, 2.75) is 0 Å². The van der Waals surface area contributed by atoms with Crippen molar-refractivity contribution in [2.75, 3.05) is 7.11 Å². The van der Waals surface area contributed by atoms with Gasteiger partial charge in [0.15, 0.2) is 0 Å². The summed E-state index contributed by atoms with van der Waals surface area (Å²) in [4.78, 5) is 0. The van der Waals surface area contributed by atoms with E-state index < -0.39 is 0 Å². The fourth-order valence-corrected chi connectivity index (χ4v) is 1.76. The summed E-state index contributed by atoms with van der Waals surface area (Å²) in [5.74, 6) is 0.855. The number of nitrogens with one attached hydrogen (secondary N) is 1. The summed E-state index contributed by atoms with van der Waals surface area (Å²) < 4.78 is 5.62. The molecule has 0 bridgehead atoms. The van der Waals surface area contributed by atoms with Crippen molar-refractivity contribution in [2.24, 2.45) is 0 Å². The van der Waals surface area contributed by atoms with Gasteiger partial charge in [0.25, 0.3) is 0 Å². The Kier molecular flexibility index (Phi) is 2.76. The first-order valence-corrected chi connectivity index (χ1v) is 5.40. The fraction of sp³-hybridized carbons (Fsp3) is 0.0833. The molecule has 1 radical (unpaired) electrons. The van der Waals surface area contributed by atoms with Gasteiger partial charge < -0.3 is 0 Å². The molecule has 3 heteroatoms. The standard InChI is InChI=1S/C12H10NOSe/c1-14-11-5-4-8-6-10(12(13)15)3-2-9(8)7-11/h2-7,13H,1H3. The number of ether oxygens (including phenoxy) is 1. The Labute approximate surface area is 96.6 Å². The molecule has 0 saturated carbocycles. The monoisotopic (exact) mass is 264 g/mol. The Balaban J connectivity index is 2.59. The van der Waals surface area contributed by atoms with Crippen LogP contribution in [-0.4, -0.2) is 27.7 Å². The Morgan fingerprint density at radius 1 is 1.13 bits per heavy atom. The maximum atomic E-state index is 7.51. The molecule has 2 aromatic rings. The van der Waals surface area contributed by atoms with Crippen LogP contribution in [-0.2, 0) is 0 Å². The van der Waals surface area contributed by atoms with Gasteiger partial charge in [-0.1, -0.05) is 0 Å².